The molecule has 3 aromatic carbocycles. The van der Waals surface area contributed by atoms with Crippen molar-refractivity contribution >= 4 is 27.7 Å². The zero-order chi connectivity index (χ0) is 26.1. The molecule has 0 spiro atoms. The van der Waals surface area contributed by atoms with Crippen molar-refractivity contribution in [3.8, 4) is 5.75 Å². The second-order valence-corrected chi connectivity index (χ2v) is 10.7. The molecule has 0 aliphatic carbocycles. The van der Waals surface area contributed by atoms with Crippen LogP contribution >= 0.6 is 15.9 Å². The molecule has 0 unspecified atom stereocenters. The van der Waals surface area contributed by atoms with Gasteiger partial charge < -0.3 is 15.0 Å². The van der Waals surface area contributed by atoms with Crippen molar-refractivity contribution in [2.24, 2.45) is 0 Å². The number of carbonyl (C=O) groups excluding carboxylic acids is 2. The SMILES string of the molecule is CCc1ccc(OCC(=O)N(Cc2ccccc2)[C@H](Cc2ccccc2)C(=O)NC(C)(C)C)c(Br)c1. The van der Waals surface area contributed by atoms with E-state index in [2.05, 4.69) is 28.2 Å². The van der Waals surface area contributed by atoms with E-state index in [4.69, 9.17) is 4.74 Å². The zero-order valence-corrected chi connectivity index (χ0v) is 23.0. The number of rotatable bonds is 10. The van der Waals surface area contributed by atoms with E-state index in [1.165, 1.54) is 5.56 Å². The van der Waals surface area contributed by atoms with E-state index in [1.54, 1.807) is 4.90 Å². The molecular formula is C30H35BrN2O3. The molecule has 3 rings (SSSR count). The standard InChI is InChI=1S/C30H35BrN2O3/c1-5-22-16-17-27(25(31)18-22)36-21-28(34)33(20-24-14-10-7-11-15-24)26(29(35)32-30(2,3)4)19-23-12-8-6-9-13-23/h6-18,26H,5,19-21H2,1-4H3,(H,32,35)/t26-/m1/s1. The predicted octanol–water partition coefficient (Wildman–Crippen LogP) is 5.95. The minimum atomic E-state index is -0.700. The highest BCUT2D eigenvalue weighted by atomic mass is 79.9. The van der Waals surface area contributed by atoms with Crippen LogP contribution in [0.25, 0.3) is 0 Å². The highest BCUT2D eigenvalue weighted by Gasteiger charge is 2.32. The average Bonchev–Trinajstić information content (AvgIpc) is 2.85. The molecule has 0 aromatic heterocycles. The van der Waals surface area contributed by atoms with Crippen LogP contribution in [0.2, 0.25) is 0 Å². The molecule has 3 aromatic rings. The van der Waals surface area contributed by atoms with E-state index in [0.29, 0.717) is 18.7 Å². The lowest BCUT2D eigenvalue weighted by Gasteiger charge is -2.33. The molecule has 0 aliphatic heterocycles. The lowest BCUT2D eigenvalue weighted by Crippen LogP contribution is -2.55. The van der Waals surface area contributed by atoms with Crippen molar-refractivity contribution in [1.29, 1.82) is 0 Å². The van der Waals surface area contributed by atoms with E-state index in [-0.39, 0.29) is 18.4 Å². The Bertz CT molecular complexity index is 1140. The van der Waals surface area contributed by atoms with E-state index in [0.717, 1.165) is 22.0 Å². The molecule has 0 heterocycles. The van der Waals surface area contributed by atoms with Crippen molar-refractivity contribution in [2.75, 3.05) is 6.61 Å². The quantitative estimate of drug-likeness (QED) is 0.339. The fraction of sp³-hybridized carbons (Fsp3) is 0.333. The summed E-state index contributed by atoms with van der Waals surface area (Å²) >= 11 is 3.54. The second-order valence-electron chi connectivity index (χ2n) is 9.86. The summed E-state index contributed by atoms with van der Waals surface area (Å²) in [7, 11) is 0. The molecule has 0 saturated carbocycles. The molecule has 6 heteroatoms. The first-order chi connectivity index (χ1) is 17.2. The van der Waals surface area contributed by atoms with Crippen LogP contribution in [0.4, 0.5) is 0 Å². The fourth-order valence-electron chi connectivity index (χ4n) is 3.89. The Labute approximate surface area is 223 Å². The third kappa shape index (κ3) is 8.23. The van der Waals surface area contributed by atoms with Gasteiger partial charge in [-0.15, -0.1) is 0 Å². The van der Waals surface area contributed by atoms with Crippen LogP contribution in [-0.2, 0) is 29.0 Å². The maximum atomic E-state index is 13.7. The Kier molecular flexibility index (Phi) is 9.71. The number of nitrogens with zero attached hydrogens (tertiary/aromatic N) is 1. The van der Waals surface area contributed by atoms with Gasteiger partial charge in [0.2, 0.25) is 5.91 Å². The van der Waals surface area contributed by atoms with Gasteiger partial charge >= 0.3 is 0 Å². The Morgan fingerprint density at radius 3 is 2.08 bits per heavy atom. The Balaban J connectivity index is 1.90. The number of benzene rings is 3. The van der Waals surface area contributed by atoms with Crippen molar-refractivity contribution < 1.29 is 14.3 Å². The molecular weight excluding hydrogens is 516 g/mol. The number of aryl methyl sites for hydroxylation is 1. The molecule has 36 heavy (non-hydrogen) atoms. The van der Waals surface area contributed by atoms with Crippen LogP contribution in [0.3, 0.4) is 0 Å². The summed E-state index contributed by atoms with van der Waals surface area (Å²) in [6.45, 7) is 8.03. The predicted molar refractivity (Wildman–Crippen MR) is 148 cm³/mol. The summed E-state index contributed by atoms with van der Waals surface area (Å²) in [5.41, 5.74) is 2.67. The van der Waals surface area contributed by atoms with Crippen molar-refractivity contribution in [1.82, 2.24) is 10.2 Å². The molecule has 0 aliphatic rings. The third-order valence-electron chi connectivity index (χ3n) is 5.72. The fourth-order valence-corrected chi connectivity index (χ4v) is 4.43. The minimum absolute atomic E-state index is 0.176. The highest BCUT2D eigenvalue weighted by molar-refractivity contribution is 9.10. The highest BCUT2D eigenvalue weighted by Crippen LogP contribution is 2.26. The molecule has 2 amide bonds. The van der Waals surface area contributed by atoms with Crippen LogP contribution < -0.4 is 10.1 Å². The summed E-state index contributed by atoms with van der Waals surface area (Å²) in [5, 5.41) is 3.08. The van der Waals surface area contributed by atoms with Crippen LogP contribution in [0.5, 0.6) is 5.75 Å². The van der Waals surface area contributed by atoms with E-state index < -0.39 is 11.6 Å². The Morgan fingerprint density at radius 1 is 0.917 bits per heavy atom. The molecule has 5 nitrogen and oxygen atoms in total. The zero-order valence-electron chi connectivity index (χ0n) is 21.5. The second kappa shape index (κ2) is 12.7. The number of hydrogen-bond acceptors (Lipinski definition) is 3. The first kappa shape index (κ1) is 27.5. The van der Waals surface area contributed by atoms with Gasteiger partial charge in [-0.05, 0) is 71.9 Å². The monoisotopic (exact) mass is 550 g/mol. The first-order valence-corrected chi connectivity index (χ1v) is 13.1. The van der Waals surface area contributed by atoms with Gasteiger partial charge in [0, 0.05) is 18.5 Å². The van der Waals surface area contributed by atoms with Crippen molar-refractivity contribution in [2.45, 2.75) is 58.7 Å². The number of nitrogens with one attached hydrogen (secondary N) is 1. The Morgan fingerprint density at radius 2 is 1.53 bits per heavy atom. The summed E-state index contributed by atoms with van der Waals surface area (Å²) in [6.07, 6.45) is 1.31. The van der Waals surface area contributed by atoms with Gasteiger partial charge in [-0.3, -0.25) is 9.59 Å². The maximum Gasteiger partial charge on any atom is 0.261 e. The topological polar surface area (TPSA) is 58.6 Å². The number of amides is 2. The smallest absolute Gasteiger partial charge is 0.261 e. The molecule has 1 N–H and O–H groups in total. The van der Waals surface area contributed by atoms with E-state index in [9.17, 15) is 9.59 Å². The number of ether oxygens (including phenoxy) is 1. The Hall–Kier alpha value is -3.12. The van der Waals surface area contributed by atoms with Gasteiger partial charge in [0.15, 0.2) is 6.61 Å². The summed E-state index contributed by atoms with van der Waals surface area (Å²) < 4.78 is 6.73. The number of halogens is 1. The van der Waals surface area contributed by atoms with Crippen molar-refractivity contribution in [3.05, 3.63) is 100 Å². The molecule has 0 saturated heterocycles. The lowest BCUT2D eigenvalue weighted by molar-refractivity contribution is -0.143. The molecule has 0 radical (unpaired) electrons. The van der Waals surface area contributed by atoms with Crippen LogP contribution in [0.1, 0.15) is 44.4 Å². The number of carbonyl (C=O) groups is 2. The van der Waals surface area contributed by atoms with Gasteiger partial charge in [0.1, 0.15) is 11.8 Å². The molecule has 0 fully saturated rings. The van der Waals surface area contributed by atoms with E-state index >= 15 is 0 Å². The van der Waals surface area contributed by atoms with Gasteiger partial charge in [-0.1, -0.05) is 73.7 Å². The lowest BCUT2D eigenvalue weighted by atomic mass is 10.0. The van der Waals surface area contributed by atoms with Gasteiger partial charge in [-0.2, -0.15) is 0 Å². The molecule has 0 bridgehead atoms. The minimum Gasteiger partial charge on any atom is -0.483 e. The largest absolute Gasteiger partial charge is 0.483 e. The summed E-state index contributed by atoms with van der Waals surface area (Å²) in [4.78, 5) is 28.8. The normalized spacial score (nSPS) is 12.0. The third-order valence-corrected chi connectivity index (χ3v) is 6.34. The average molecular weight is 552 g/mol. The summed E-state index contributed by atoms with van der Waals surface area (Å²) in [6, 6.07) is 24.7. The van der Waals surface area contributed by atoms with Crippen LogP contribution in [-0.4, -0.2) is 34.9 Å². The van der Waals surface area contributed by atoms with Crippen LogP contribution in [0, 0.1) is 0 Å². The number of hydrogen-bond donors (Lipinski definition) is 1. The summed E-state index contributed by atoms with van der Waals surface area (Å²) in [5.74, 6) is 0.151. The van der Waals surface area contributed by atoms with Crippen molar-refractivity contribution in [3.63, 3.8) is 0 Å². The molecule has 1 atom stereocenters. The van der Waals surface area contributed by atoms with Gasteiger partial charge in [-0.25, -0.2) is 0 Å². The first-order valence-electron chi connectivity index (χ1n) is 12.3. The van der Waals surface area contributed by atoms with Crippen LogP contribution in [0.15, 0.2) is 83.3 Å². The van der Waals surface area contributed by atoms with E-state index in [1.807, 2.05) is 99.6 Å². The molecule has 190 valence electrons. The maximum absolute atomic E-state index is 13.7. The van der Waals surface area contributed by atoms with Gasteiger partial charge in [0.25, 0.3) is 5.91 Å². The van der Waals surface area contributed by atoms with Gasteiger partial charge in [0.05, 0.1) is 4.47 Å².